The third-order valence-electron chi connectivity index (χ3n) is 5.56. The second-order valence-corrected chi connectivity index (χ2v) is 7.63. The number of hydrogen-bond acceptors (Lipinski definition) is 2. The Bertz CT molecular complexity index is 1140. The van der Waals surface area contributed by atoms with Gasteiger partial charge in [-0.2, -0.15) is 0 Å². The van der Waals surface area contributed by atoms with Crippen LogP contribution in [0, 0.1) is 13.8 Å². The van der Waals surface area contributed by atoms with Crippen molar-refractivity contribution >= 4 is 21.7 Å². The lowest BCUT2D eigenvalue weighted by Crippen LogP contribution is -2.00. The number of nitrogens with two attached hydrogens (primary N) is 1. The maximum atomic E-state index is 5.80. The van der Waals surface area contributed by atoms with E-state index >= 15 is 0 Å². The molecule has 4 rings (SSSR count). The fraction of sp³-hybridized carbons (Fsp3) is 0.280. The number of aromatic amines is 1. The lowest BCUT2D eigenvalue weighted by Gasteiger charge is -2.12. The number of benzene rings is 3. The third kappa shape index (κ3) is 3.27. The van der Waals surface area contributed by atoms with Crippen LogP contribution in [0.3, 0.4) is 0 Å². The zero-order valence-electron chi connectivity index (χ0n) is 16.9. The van der Waals surface area contributed by atoms with Crippen molar-refractivity contribution < 1.29 is 4.74 Å². The summed E-state index contributed by atoms with van der Waals surface area (Å²) in [6.07, 6.45) is 3.12. The highest BCUT2D eigenvalue weighted by atomic mass is 16.5. The summed E-state index contributed by atoms with van der Waals surface area (Å²) in [5.74, 6) is 0.903. The average Bonchev–Trinajstić information content (AvgIpc) is 3.05. The van der Waals surface area contributed by atoms with Crippen LogP contribution < -0.4 is 10.5 Å². The summed E-state index contributed by atoms with van der Waals surface area (Å²) in [5.41, 5.74) is 13.2. The quantitative estimate of drug-likeness (QED) is 0.414. The van der Waals surface area contributed by atoms with Crippen molar-refractivity contribution in [1.29, 1.82) is 0 Å². The van der Waals surface area contributed by atoms with Crippen LogP contribution in [0.4, 0.5) is 0 Å². The topological polar surface area (TPSA) is 51.0 Å². The van der Waals surface area contributed by atoms with E-state index in [0.29, 0.717) is 0 Å². The Morgan fingerprint density at radius 3 is 2.43 bits per heavy atom. The molecule has 28 heavy (non-hydrogen) atoms. The molecule has 0 bridgehead atoms. The second kappa shape index (κ2) is 7.69. The van der Waals surface area contributed by atoms with Gasteiger partial charge in [-0.25, -0.2) is 0 Å². The summed E-state index contributed by atoms with van der Waals surface area (Å²) in [6, 6.07) is 17.3. The van der Waals surface area contributed by atoms with Gasteiger partial charge in [0, 0.05) is 16.5 Å². The summed E-state index contributed by atoms with van der Waals surface area (Å²) in [7, 11) is 1.75. The summed E-state index contributed by atoms with van der Waals surface area (Å²) in [4.78, 5) is 3.72. The first-order chi connectivity index (χ1) is 13.6. The Balaban J connectivity index is 1.98. The van der Waals surface area contributed by atoms with Crippen molar-refractivity contribution in [3.63, 3.8) is 0 Å². The molecule has 3 nitrogen and oxygen atoms in total. The lowest BCUT2D eigenvalue weighted by atomic mass is 9.95. The Kier molecular flexibility index (Phi) is 5.10. The summed E-state index contributed by atoms with van der Waals surface area (Å²) in [5, 5.41) is 3.75. The minimum atomic E-state index is 0.731. The molecule has 144 valence electrons. The molecular formula is C25H28N2O. The third-order valence-corrected chi connectivity index (χ3v) is 5.56. The number of ether oxygens (including phenoxy) is 1. The predicted molar refractivity (Wildman–Crippen MR) is 119 cm³/mol. The molecule has 0 aliphatic heterocycles. The molecule has 0 amide bonds. The van der Waals surface area contributed by atoms with Gasteiger partial charge in [-0.15, -0.1) is 0 Å². The molecule has 0 spiro atoms. The molecule has 0 fully saturated rings. The fourth-order valence-corrected chi connectivity index (χ4v) is 4.31. The maximum absolute atomic E-state index is 5.80. The van der Waals surface area contributed by atoms with E-state index in [0.717, 1.165) is 37.1 Å². The Morgan fingerprint density at radius 2 is 1.71 bits per heavy atom. The number of methoxy groups -OCH3 is 1. The summed E-state index contributed by atoms with van der Waals surface area (Å²) < 4.78 is 5.80. The van der Waals surface area contributed by atoms with E-state index in [-0.39, 0.29) is 0 Å². The normalized spacial score (nSPS) is 11.4. The molecule has 0 radical (unpaired) electrons. The Morgan fingerprint density at radius 1 is 0.964 bits per heavy atom. The first-order valence-electron chi connectivity index (χ1n) is 10.0. The van der Waals surface area contributed by atoms with Crippen LogP contribution in [-0.2, 0) is 6.42 Å². The summed E-state index contributed by atoms with van der Waals surface area (Å²) in [6.45, 7) is 5.09. The number of H-pyrrole nitrogens is 1. The molecule has 0 aliphatic carbocycles. The van der Waals surface area contributed by atoms with Gasteiger partial charge in [0.1, 0.15) is 5.75 Å². The highest BCUT2D eigenvalue weighted by molar-refractivity contribution is 5.97. The zero-order chi connectivity index (χ0) is 19.7. The second-order valence-electron chi connectivity index (χ2n) is 7.63. The number of rotatable bonds is 6. The van der Waals surface area contributed by atoms with Gasteiger partial charge < -0.3 is 15.5 Å². The van der Waals surface area contributed by atoms with Crippen LogP contribution in [0.15, 0.2) is 48.5 Å². The molecule has 3 aromatic carbocycles. The monoisotopic (exact) mass is 372 g/mol. The van der Waals surface area contributed by atoms with E-state index < -0.39 is 0 Å². The minimum absolute atomic E-state index is 0.731. The first-order valence-corrected chi connectivity index (χ1v) is 10.0. The van der Waals surface area contributed by atoms with E-state index in [1.807, 2.05) is 0 Å². The number of aromatic nitrogens is 1. The number of unbranched alkanes of at least 4 members (excludes halogenated alkanes) is 1. The van der Waals surface area contributed by atoms with E-state index in [1.165, 1.54) is 44.1 Å². The first kappa shape index (κ1) is 18.6. The molecular weight excluding hydrogens is 344 g/mol. The van der Waals surface area contributed by atoms with Crippen LogP contribution >= 0.6 is 0 Å². The molecule has 4 aromatic rings. The SMILES string of the molecule is COc1cc2ccccc2cc1-c1[nH]c2cc(C)cc(C)c2c1CCCCN. The Labute approximate surface area is 166 Å². The molecule has 3 N–H and O–H groups in total. The fourth-order valence-electron chi connectivity index (χ4n) is 4.31. The number of nitrogens with one attached hydrogen (secondary N) is 1. The average molecular weight is 373 g/mol. The van der Waals surface area contributed by atoms with Crippen LogP contribution in [0.2, 0.25) is 0 Å². The van der Waals surface area contributed by atoms with E-state index in [9.17, 15) is 0 Å². The van der Waals surface area contributed by atoms with Gasteiger partial charge >= 0.3 is 0 Å². The van der Waals surface area contributed by atoms with Crippen molar-refractivity contribution in [2.75, 3.05) is 13.7 Å². The van der Waals surface area contributed by atoms with E-state index in [4.69, 9.17) is 10.5 Å². The summed E-state index contributed by atoms with van der Waals surface area (Å²) >= 11 is 0. The van der Waals surface area contributed by atoms with Gasteiger partial charge in [-0.1, -0.05) is 30.3 Å². The van der Waals surface area contributed by atoms with Crippen molar-refractivity contribution in [2.24, 2.45) is 5.73 Å². The smallest absolute Gasteiger partial charge is 0.128 e. The molecule has 0 unspecified atom stereocenters. The zero-order valence-corrected chi connectivity index (χ0v) is 16.9. The molecule has 0 atom stereocenters. The predicted octanol–water partition coefficient (Wildman–Crippen LogP) is 5.89. The van der Waals surface area contributed by atoms with Crippen molar-refractivity contribution in [3.05, 3.63) is 65.2 Å². The van der Waals surface area contributed by atoms with Gasteiger partial charge in [0.25, 0.3) is 0 Å². The minimum Gasteiger partial charge on any atom is -0.496 e. The molecule has 1 heterocycles. The van der Waals surface area contributed by atoms with E-state index in [2.05, 4.69) is 67.4 Å². The van der Waals surface area contributed by atoms with Gasteiger partial charge in [-0.05, 0) is 85.3 Å². The van der Waals surface area contributed by atoms with Crippen LogP contribution in [0.25, 0.3) is 32.9 Å². The maximum Gasteiger partial charge on any atom is 0.128 e. The van der Waals surface area contributed by atoms with Gasteiger partial charge in [-0.3, -0.25) is 0 Å². The lowest BCUT2D eigenvalue weighted by molar-refractivity contribution is 0.417. The number of hydrogen-bond donors (Lipinski definition) is 2. The molecule has 0 aliphatic rings. The van der Waals surface area contributed by atoms with Crippen LogP contribution in [0.5, 0.6) is 5.75 Å². The largest absolute Gasteiger partial charge is 0.496 e. The molecule has 0 saturated heterocycles. The number of fused-ring (bicyclic) bond motifs is 2. The van der Waals surface area contributed by atoms with E-state index in [1.54, 1.807) is 7.11 Å². The van der Waals surface area contributed by atoms with Gasteiger partial charge in [0.15, 0.2) is 0 Å². The van der Waals surface area contributed by atoms with Crippen molar-refractivity contribution in [1.82, 2.24) is 4.98 Å². The molecule has 0 saturated carbocycles. The Hall–Kier alpha value is -2.78. The van der Waals surface area contributed by atoms with Crippen molar-refractivity contribution in [2.45, 2.75) is 33.1 Å². The van der Waals surface area contributed by atoms with Crippen LogP contribution in [-0.4, -0.2) is 18.6 Å². The molecule has 1 aromatic heterocycles. The highest BCUT2D eigenvalue weighted by Gasteiger charge is 2.18. The van der Waals surface area contributed by atoms with Gasteiger partial charge in [0.2, 0.25) is 0 Å². The standard InChI is InChI=1S/C25H28N2O/c1-16-12-17(2)24-20(10-6-7-11-26)25(27-22(24)13-16)21-14-18-8-4-5-9-19(18)15-23(21)28-3/h4-5,8-9,12-15,27H,6-7,10-11,26H2,1-3H3. The molecule has 3 heteroatoms. The van der Waals surface area contributed by atoms with Crippen LogP contribution in [0.1, 0.15) is 29.5 Å². The highest BCUT2D eigenvalue weighted by Crippen LogP contribution is 2.40. The van der Waals surface area contributed by atoms with Crippen molar-refractivity contribution in [3.8, 4) is 17.0 Å². The number of aryl methyl sites for hydroxylation is 3. The van der Waals surface area contributed by atoms with Gasteiger partial charge in [0.05, 0.1) is 12.8 Å².